The molecule has 1 fully saturated rings. The zero-order chi connectivity index (χ0) is 19.3. The van der Waals surface area contributed by atoms with Gasteiger partial charge in [-0.25, -0.2) is 18.4 Å². The molecule has 1 heterocycles. The lowest BCUT2D eigenvalue weighted by Gasteiger charge is -2.11. The molecule has 1 amide bonds. The second-order valence-corrected chi connectivity index (χ2v) is 8.16. The summed E-state index contributed by atoms with van der Waals surface area (Å²) in [7, 11) is -2.38. The van der Waals surface area contributed by atoms with E-state index in [1.165, 1.54) is 44.5 Å². The lowest BCUT2D eigenvalue weighted by molar-refractivity contribution is -0.117. The molecule has 2 N–H and O–H groups in total. The Morgan fingerprint density at radius 3 is 2.56 bits per heavy atom. The van der Waals surface area contributed by atoms with Crippen LogP contribution < -0.4 is 14.8 Å². The lowest BCUT2D eigenvalue weighted by Crippen LogP contribution is -2.16. The molecule has 1 aliphatic carbocycles. The number of sulfonamides is 1. The Morgan fingerprint density at radius 1 is 1.19 bits per heavy atom. The molecule has 1 saturated carbocycles. The minimum Gasteiger partial charge on any atom is -0.481 e. The molecule has 27 heavy (non-hydrogen) atoms. The highest BCUT2D eigenvalue weighted by Gasteiger charge is 2.19. The largest absolute Gasteiger partial charge is 0.481 e. The molecule has 2 aromatic rings. The maximum absolute atomic E-state index is 12.5. The van der Waals surface area contributed by atoms with Crippen LogP contribution in [-0.4, -0.2) is 31.4 Å². The summed E-state index contributed by atoms with van der Waals surface area (Å²) in [4.78, 5) is 19.8. The Hall–Kier alpha value is -2.68. The number of rotatable bonds is 7. The van der Waals surface area contributed by atoms with Crippen LogP contribution in [0.4, 0.5) is 11.5 Å². The van der Waals surface area contributed by atoms with Crippen molar-refractivity contribution in [2.24, 2.45) is 5.92 Å². The van der Waals surface area contributed by atoms with E-state index in [1.807, 2.05) is 0 Å². The van der Waals surface area contributed by atoms with Crippen LogP contribution in [0.2, 0.25) is 0 Å². The summed E-state index contributed by atoms with van der Waals surface area (Å²) < 4.78 is 32.3. The smallest absolute Gasteiger partial charge is 0.263 e. The van der Waals surface area contributed by atoms with Crippen molar-refractivity contribution in [2.45, 2.75) is 37.0 Å². The molecule has 1 aromatic carbocycles. The van der Waals surface area contributed by atoms with Crippen molar-refractivity contribution in [1.29, 1.82) is 0 Å². The molecule has 0 radical (unpaired) electrons. The van der Waals surface area contributed by atoms with Crippen LogP contribution in [0, 0.1) is 5.92 Å². The SMILES string of the molecule is COc1cc(NS(=O)(=O)c2ccc(NC(=O)CC3CCCC3)cc2)ncn1. The second-order valence-electron chi connectivity index (χ2n) is 6.48. The molecule has 9 heteroatoms. The predicted octanol–water partition coefficient (Wildman–Crippen LogP) is 2.80. The number of methoxy groups -OCH3 is 1. The molecule has 0 unspecified atom stereocenters. The Kier molecular flexibility index (Phi) is 5.90. The molecule has 0 saturated heterocycles. The van der Waals surface area contributed by atoms with Crippen LogP contribution in [0.1, 0.15) is 32.1 Å². The van der Waals surface area contributed by atoms with Crippen molar-refractivity contribution in [2.75, 3.05) is 17.1 Å². The Labute approximate surface area is 158 Å². The second kappa shape index (κ2) is 8.34. The normalized spacial score (nSPS) is 14.7. The number of nitrogens with one attached hydrogen (secondary N) is 2. The number of ether oxygens (including phenoxy) is 1. The van der Waals surface area contributed by atoms with Gasteiger partial charge in [-0.1, -0.05) is 12.8 Å². The summed E-state index contributed by atoms with van der Waals surface area (Å²) in [6.07, 6.45) is 6.30. The summed E-state index contributed by atoms with van der Waals surface area (Å²) in [5, 5.41) is 2.82. The van der Waals surface area contributed by atoms with Gasteiger partial charge in [0.15, 0.2) is 0 Å². The third-order valence-corrected chi connectivity index (χ3v) is 5.86. The van der Waals surface area contributed by atoms with E-state index in [9.17, 15) is 13.2 Å². The number of nitrogens with zero attached hydrogens (tertiary/aromatic N) is 2. The van der Waals surface area contributed by atoms with E-state index in [1.54, 1.807) is 12.1 Å². The van der Waals surface area contributed by atoms with Crippen molar-refractivity contribution in [3.8, 4) is 5.88 Å². The fourth-order valence-corrected chi connectivity index (χ4v) is 4.11. The van der Waals surface area contributed by atoms with E-state index in [2.05, 4.69) is 20.0 Å². The first-order valence-electron chi connectivity index (χ1n) is 8.75. The standard InChI is InChI=1S/C18H22N4O4S/c1-26-18-11-16(19-12-20-18)22-27(24,25)15-8-6-14(7-9-15)21-17(23)10-13-4-2-3-5-13/h6-9,11-13H,2-5,10H2,1H3,(H,21,23)(H,19,20,22). The fraction of sp³-hybridized carbons (Fsp3) is 0.389. The molecular formula is C18H22N4O4S. The van der Waals surface area contributed by atoms with E-state index in [-0.39, 0.29) is 22.5 Å². The molecule has 144 valence electrons. The average Bonchev–Trinajstić information content (AvgIpc) is 3.14. The minimum atomic E-state index is -3.81. The van der Waals surface area contributed by atoms with Gasteiger partial charge >= 0.3 is 0 Å². The molecule has 0 aliphatic heterocycles. The van der Waals surface area contributed by atoms with Crippen LogP contribution >= 0.6 is 0 Å². The molecule has 0 bridgehead atoms. The summed E-state index contributed by atoms with van der Waals surface area (Å²) in [6.45, 7) is 0. The first-order chi connectivity index (χ1) is 13.0. The maximum Gasteiger partial charge on any atom is 0.263 e. The van der Waals surface area contributed by atoms with Gasteiger partial charge in [0.1, 0.15) is 12.1 Å². The average molecular weight is 390 g/mol. The zero-order valence-corrected chi connectivity index (χ0v) is 15.8. The van der Waals surface area contributed by atoms with Crippen molar-refractivity contribution < 1.29 is 17.9 Å². The van der Waals surface area contributed by atoms with Gasteiger partial charge in [-0.05, 0) is 43.0 Å². The van der Waals surface area contributed by atoms with E-state index >= 15 is 0 Å². The molecule has 1 aliphatic rings. The molecule has 0 atom stereocenters. The van der Waals surface area contributed by atoms with Gasteiger partial charge in [0.2, 0.25) is 11.8 Å². The van der Waals surface area contributed by atoms with E-state index < -0.39 is 10.0 Å². The van der Waals surface area contributed by atoms with Crippen molar-refractivity contribution in [3.63, 3.8) is 0 Å². The van der Waals surface area contributed by atoms with Gasteiger partial charge in [0, 0.05) is 18.2 Å². The first kappa shape index (κ1) is 19.1. The number of amides is 1. The molecular weight excluding hydrogens is 368 g/mol. The van der Waals surface area contributed by atoms with E-state index in [4.69, 9.17) is 4.74 Å². The van der Waals surface area contributed by atoms with Crippen molar-refractivity contribution in [1.82, 2.24) is 9.97 Å². The van der Waals surface area contributed by atoms with Gasteiger partial charge in [0.25, 0.3) is 10.0 Å². The number of benzene rings is 1. The van der Waals surface area contributed by atoms with Gasteiger partial charge < -0.3 is 10.1 Å². The zero-order valence-electron chi connectivity index (χ0n) is 15.0. The summed E-state index contributed by atoms with van der Waals surface area (Å²) in [6, 6.07) is 7.40. The number of anilines is 2. The highest BCUT2D eigenvalue weighted by Crippen LogP contribution is 2.28. The number of hydrogen-bond donors (Lipinski definition) is 2. The highest BCUT2D eigenvalue weighted by molar-refractivity contribution is 7.92. The number of hydrogen-bond acceptors (Lipinski definition) is 6. The monoisotopic (exact) mass is 390 g/mol. The maximum atomic E-state index is 12.5. The van der Waals surface area contributed by atoms with Gasteiger partial charge in [-0.2, -0.15) is 0 Å². The number of aromatic nitrogens is 2. The first-order valence-corrected chi connectivity index (χ1v) is 10.2. The molecule has 3 rings (SSSR count). The predicted molar refractivity (Wildman–Crippen MR) is 101 cm³/mol. The van der Waals surface area contributed by atoms with Crippen LogP contribution in [-0.2, 0) is 14.8 Å². The lowest BCUT2D eigenvalue weighted by atomic mass is 10.0. The van der Waals surface area contributed by atoms with Gasteiger partial charge in [-0.3, -0.25) is 9.52 Å². The summed E-state index contributed by atoms with van der Waals surface area (Å²) in [5.74, 6) is 0.779. The molecule has 8 nitrogen and oxygen atoms in total. The number of carbonyl (C=O) groups excluding carboxylic acids is 1. The molecule has 1 aromatic heterocycles. The fourth-order valence-electron chi connectivity index (χ4n) is 3.11. The Balaban J connectivity index is 1.63. The third-order valence-electron chi connectivity index (χ3n) is 4.49. The quantitative estimate of drug-likeness (QED) is 0.752. The summed E-state index contributed by atoms with van der Waals surface area (Å²) >= 11 is 0. The van der Waals surface area contributed by atoms with Gasteiger partial charge in [0.05, 0.1) is 12.0 Å². The van der Waals surface area contributed by atoms with Crippen LogP contribution in [0.15, 0.2) is 41.6 Å². The number of carbonyl (C=O) groups is 1. The van der Waals surface area contributed by atoms with Crippen LogP contribution in [0.5, 0.6) is 5.88 Å². The van der Waals surface area contributed by atoms with Crippen LogP contribution in [0.3, 0.4) is 0 Å². The Bertz CT molecular complexity index is 894. The minimum absolute atomic E-state index is 0.0382. The summed E-state index contributed by atoms with van der Waals surface area (Å²) in [5.41, 5.74) is 0.570. The molecule has 0 spiro atoms. The van der Waals surface area contributed by atoms with Crippen LogP contribution in [0.25, 0.3) is 0 Å². The van der Waals surface area contributed by atoms with E-state index in [0.717, 1.165) is 12.8 Å². The van der Waals surface area contributed by atoms with E-state index in [0.29, 0.717) is 18.0 Å². The van der Waals surface area contributed by atoms with Crippen molar-refractivity contribution >= 4 is 27.4 Å². The third kappa shape index (κ3) is 5.16. The highest BCUT2D eigenvalue weighted by atomic mass is 32.2. The Morgan fingerprint density at radius 2 is 1.89 bits per heavy atom. The van der Waals surface area contributed by atoms with Crippen molar-refractivity contribution in [3.05, 3.63) is 36.7 Å². The van der Waals surface area contributed by atoms with Gasteiger partial charge in [-0.15, -0.1) is 0 Å². The topological polar surface area (TPSA) is 110 Å².